The van der Waals surface area contributed by atoms with Crippen LogP contribution >= 0.6 is 0 Å². The first-order valence-electron chi connectivity index (χ1n) is 5.79. The van der Waals surface area contributed by atoms with Crippen LogP contribution < -0.4 is 0 Å². The molecule has 1 aliphatic rings. The van der Waals surface area contributed by atoms with Gasteiger partial charge in [0.1, 0.15) is 12.3 Å². The van der Waals surface area contributed by atoms with E-state index in [1.54, 1.807) is 11.0 Å². The lowest BCUT2D eigenvalue weighted by molar-refractivity contribution is -0.145. The van der Waals surface area contributed by atoms with E-state index in [0.717, 1.165) is 0 Å². The fraction of sp³-hybridized carbons (Fsp3) is 0.545. The SMILES string of the molecule is O=C(O)COC1CCN(C(=O)c2ccn[nH]2)CC1. The molecule has 0 saturated carbocycles. The fourth-order valence-electron chi connectivity index (χ4n) is 1.96. The summed E-state index contributed by atoms with van der Waals surface area (Å²) in [7, 11) is 0. The highest BCUT2D eigenvalue weighted by molar-refractivity contribution is 5.92. The van der Waals surface area contributed by atoms with Gasteiger partial charge >= 0.3 is 5.97 Å². The van der Waals surface area contributed by atoms with E-state index in [4.69, 9.17) is 9.84 Å². The predicted octanol–water partition coefficient (Wildman–Crippen LogP) is 0.115. The van der Waals surface area contributed by atoms with Crippen LogP contribution in [-0.2, 0) is 9.53 Å². The van der Waals surface area contributed by atoms with Gasteiger partial charge in [0.05, 0.1) is 6.10 Å². The van der Waals surface area contributed by atoms with E-state index < -0.39 is 5.97 Å². The maximum Gasteiger partial charge on any atom is 0.329 e. The monoisotopic (exact) mass is 253 g/mol. The zero-order valence-corrected chi connectivity index (χ0v) is 9.83. The van der Waals surface area contributed by atoms with E-state index in [9.17, 15) is 9.59 Å². The normalized spacial score (nSPS) is 16.8. The molecule has 7 nitrogen and oxygen atoms in total. The van der Waals surface area contributed by atoms with Crippen LogP contribution in [0.25, 0.3) is 0 Å². The first-order valence-corrected chi connectivity index (χ1v) is 5.79. The van der Waals surface area contributed by atoms with E-state index >= 15 is 0 Å². The minimum atomic E-state index is -0.967. The van der Waals surface area contributed by atoms with Crippen LogP contribution in [0.4, 0.5) is 0 Å². The van der Waals surface area contributed by atoms with Crippen LogP contribution in [0.5, 0.6) is 0 Å². The summed E-state index contributed by atoms with van der Waals surface area (Å²) < 4.78 is 5.21. The van der Waals surface area contributed by atoms with Crippen molar-refractivity contribution >= 4 is 11.9 Å². The molecule has 2 heterocycles. The van der Waals surface area contributed by atoms with Gasteiger partial charge in [-0.2, -0.15) is 5.10 Å². The average molecular weight is 253 g/mol. The Kier molecular flexibility index (Phi) is 3.93. The van der Waals surface area contributed by atoms with Crippen molar-refractivity contribution in [3.63, 3.8) is 0 Å². The molecular weight excluding hydrogens is 238 g/mol. The molecule has 0 radical (unpaired) electrons. The molecule has 0 spiro atoms. The van der Waals surface area contributed by atoms with E-state index in [1.165, 1.54) is 6.20 Å². The number of carbonyl (C=O) groups excluding carboxylic acids is 1. The van der Waals surface area contributed by atoms with Crippen molar-refractivity contribution in [3.05, 3.63) is 18.0 Å². The minimum absolute atomic E-state index is 0.0769. The highest BCUT2D eigenvalue weighted by Gasteiger charge is 2.24. The molecule has 1 aromatic rings. The maximum absolute atomic E-state index is 12.0. The van der Waals surface area contributed by atoms with E-state index in [0.29, 0.717) is 31.6 Å². The Balaban J connectivity index is 1.80. The smallest absolute Gasteiger partial charge is 0.329 e. The maximum atomic E-state index is 12.0. The van der Waals surface area contributed by atoms with Gasteiger partial charge in [-0.05, 0) is 18.9 Å². The lowest BCUT2D eigenvalue weighted by Crippen LogP contribution is -2.41. The Labute approximate surface area is 104 Å². The van der Waals surface area contributed by atoms with Crippen molar-refractivity contribution in [2.75, 3.05) is 19.7 Å². The number of aromatic nitrogens is 2. The van der Waals surface area contributed by atoms with E-state index in [2.05, 4.69) is 10.2 Å². The Hall–Kier alpha value is -1.89. The number of aromatic amines is 1. The third-order valence-electron chi connectivity index (χ3n) is 2.90. The number of nitrogens with zero attached hydrogens (tertiary/aromatic N) is 2. The van der Waals surface area contributed by atoms with Gasteiger partial charge in [0.25, 0.3) is 5.91 Å². The molecule has 1 fully saturated rings. The second-order valence-electron chi connectivity index (χ2n) is 4.17. The summed E-state index contributed by atoms with van der Waals surface area (Å²) >= 11 is 0. The average Bonchev–Trinajstić information content (AvgIpc) is 2.90. The summed E-state index contributed by atoms with van der Waals surface area (Å²) in [6.45, 7) is 0.865. The highest BCUT2D eigenvalue weighted by atomic mass is 16.5. The number of carboxylic acids is 1. The van der Waals surface area contributed by atoms with Gasteiger partial charge in [0.15, 0.2) is 0 Å². The number of rotatable bonds is 4. The van der Waals surface area contributed by atoms with E-state index in [-0.39, 0.29) is 18.6 Å². The number of H-pyrrole nitrogens is 1. The molecule has 0 aromatic carbocycles. The molecular formula is C11H15N3O4. The standard InChI is InChI=1S/C11H15N3O4/c15-10(16)7-18-8-2-5-14(6-3-8)11(17)9-1-4-12-13-9/h1,4,8H,2-3,5-7H2,(H,12,13)(H,15,16). The summed E-state index contributed by atoms with van der Waals surface area (Å²) in [5.74, 6) is -1.05. The Morgan fingerprint density at radius 3 is 2.78 bits per heavy atom. The number of amides is 1. The van der Waals surface area contributed by atoms with Crippen LogP contribution in [0, 0.1) is 0 Å². The summed E-state index contributed by atoms with van der Waals surface area (Å²) in [5.41, 5.74) is 0.472. The van der Waals surface area contributed by atoms with Crippen LogP contribution in [0.1, 0.15) is 23.3 Å². The van der Waals surface area contributed by atoms with Crippen molar-refractivity contribution in [1.82, 2.24) is 15.1 Å². The highest BCUT2D eigenvalue weighted by Crippen LogP contribution is 2.15. The van der Waals surface area contributed by atoms with Gasteiger partial charge in [-0.15, -0.1) is 0 Å². The molecule has 1 aromatic heterocycles. The summed E-state index contributed by atoms with van der Waals surface area (Å²) in [5, 5.41) is 14.9. The molecule has 2 rings (SSSR count). The Morgan fingerprint density at radius 2 is 2.22 bits per heavy atom. The zero-order valence-electron chi connectivity index (χ0n) is 9.83. The van der Waals surface area contributed by atoms with Crippen molar-refractivity contribution in [2.24, 2.45) is 0 Å². The third-order valence-corrected chi connectivity index (χ3v) is 2.90. The number of carbonyl (C=O) groups is 2. The van der Waals surface area contributed by atoms with Crippen molar-refractivity contribution in [3.8, 4) is 0 Å². The number of aliphatic carboxylic acids is 1. The van der Waals surface area contributed by atoms with E-state index in [1.807, 2.05) is 0 Å². The molecule has 0 atom stereocenters. The number of piperidine rings is 1. The number of carboxylic acid groups (broad SMARTS) is 1. The van der Waals surface area contributed by atoms with Crippen LogP contribution in [0.3, 0.4) is 0 Å². The first-order chi connectivity index (χ1) is 8.66. The lowest BCUT2D eigenvalue weighted by atomic mass is 10.1. The molecule has 0 aliphatic carbocycles. The molecule has 18 heavy (non-hydrogen) atoms. The minimum Gasteiger partial charge on any atom is -0.480 e. The van der Waals surface area contributed by atoms with Gasteiger partial charge < -0.3 is 14.7 Å². The van der Waals surface area contributed by atoms with Crippen LogP contribution in [0.2, 0.25) is 0 Å². The Morgan fingerprint density at radius 1 is 1.50 bits per heavy atom. The number of likely N-dealkylation sites (tertiary alicyclic amines) is 1. The van der Waals surface area contributed by atoms with Crippen LogP contribution in [-0.4, -0.2) is 57.9 Å². The Bertz CT molecular complexity index is 410. The van der Waals surface area contributed by atoms with Gasteiger partial charge in [-0.25, -0.2) is 4.79 Å². The topological polar surface area (TPSA) is 95.5 Å². The lowest BCUT2D eigenvalue weighted by Gasteiger charge is -2.31. The molecule has 2 N–H and O–H groups in total. The quantitative estimate of drug-likeness (QED) is 0.794. The van der Waals surface area contributed by atoms with Gasteiger partial charge in [0.2, 0.25) is 0 Å². The van der Waals surface area contributed by atoms with Gasteiger partial charge in [0, 0.05) is 19.3 Å². The second-order valence-corrected chi connectivity index (χ2v) is 4.17. The number of hydrogen-bond donors (Lipinski definition) is 2. The van der Waals surface area contributed by atoms with Gasteiger partial charge in [-0.1, -0.05) is 0 Å². The summed E-state index contributed by atoms with van der Waals surface area (Å²) in [4.78, 5) is 24.0. The zero-order chi connectivity index (χ0) is 13.0. The molecule has 0 bridgehead atoms. The molecule has 0 unspecified atom stereocenters. The fourth-order valence-corrected chi connectivity index (χ4v) is 1.96. The first kappa shape index (κ1) is 12.6. The summed E-state index contributed by atoms with van der Waals surface area (Å²) in [6, 6.07) is 1.63. The predicted molar refractivity (Wildman–Crippen MR) is 61.1 cm³/mol. The van der Waals surface area contributed by atoms with Crippen LogP contribution in [0.15, 0.2) is 12.3 Å². The molecule has 1 saturated heterocycles. The molecule has 7 heteroatoms. The molecule has 1 amide bonds. The summed E-state index contributed by atoms with van der Waals surface area (Å²) in [6.07, 6.45) is 2.78. The number of nitrogens with one attached hydrogen (secondary N) is 1. The largest absolute Gasteiger partial charge is 0.480 e. The third kappa shape index (κ3) is 3.07. The van der Waals surface area contributed by atoms with Gasteiger partial charge in [-0.3, -0.25) is 9.89 Å². The second kappa shape index (κ2) is 5.63. The molecule has 98 valence electrons. The molecule has 1 aliphatic heterocycles. The number of hydrogen-bond acceptors (Lipinski definition) is 4. The number of ether oxygens (including phenoxy) is 1. The van der Waals surface area contributed by atoms with Crippen molar-refractivity contribution < 1.29 is 19.4 Å². The van der Waals surface area contributed by atoms with Crippen molar-refractivity contribution in [1.29, 1.82) is 0 Å². The van der Waals surface area contributed by atoms with Crippen molar-refractivity contribution in [2.45, 2.75) is 18.9 Å².